The van der Waals surface area contributed by atoms with Crippen molar-refractivity contribution in [3.63, 3.8) is 0 Å². The van der Waals surface area contributed by atoms with Crippen molar-refractivity contribution in [3.8, 4) is 5.75 Å². The maximum atomic E-state index is 14.7. The molecule has 0 amide bonds. The summed E-state index contributed by atoms with van der Waals surface area (Å²) >= 11 is 0. The number of nitrogens with zero attached hydrogens (tertiary/aromatic N) is 1. The third kappa shape index (κ3) is 8.28. The lowest BCUT2D eigenvalue weighted by molar-refractivity contribution is -0.140. The average molecular weight is 540 g/mol. The fourth-order valence-corrected chi connectivity index (χ4v) is 4.97. The molecule has 10 heteroatoms. The molecule has 0 unspecified atom stereocenters. The van der Waals surface area contributed by atoms with Crippen LogP contribution >= 0.6 is 0 Å². The Morgan fingerprint density at radius 2 is 1.68 bits per heavy atom. The molecule has 0 heterocycles. The Labute approximate surface area is 214 Å². The minimum absolute atomic E-state index is 0.0290. The topological polar surface area (TPSA) is 66.8 Å². The van der Waals surface area contributed by atoms with Gasteiger partial charge in [0.1, 0.15) is 11.6 Å². The quantitative estimate of drug-likeness (QED) is 0.252. The number of sulfone groups is 1. The van der Waals surface area contributed by atoms with Crippen molar-refractivity contribution in [3.05, 3.63) is 94.8 Å². The van der Waals surface area contributed by atoms with Gasteiger partial charge in [0.25, 0.3) is 0 Å². The standard InChI is InChI=1S/C27H29F4NO4S/c1-37(34,35)25-17-23(12-11-21(25)13-15-33)36-16-6-14-32(18-20-7-3-2-4-8-20)19-22-9-5-10-24(26(22)28)27(29,30)31/h2-5,7-12,17,33H,6,13-16,18-19H2,1H3. The van der Waals surface area contributed by atoms with E-state index in [-0.39, 0.29) is 36.6 Å². The molecule has 200 valence electrons. The highest BCUT2D eigenvalue weighted by atomic mass is 32.2. The van der Waals surface area contributed by atoms with Crippen molar-refractivity contribution in [1.29, 1.82) is 0 Å². The Hall–Kier alpha value is -2.95. The van der Waals surface area contributed by atoms with Gasteiger partial charge in [-0.15, -0.1) is 0 Å². The van der Waals surface area contributed by atoms with E-state index in [0.29, 0.717) is 30.8 Å². The van der Waals surface area contributed by atoms with Crippen molar-refractivity contribution in [2.45, 2.75) is 37.0 Å². The molecule has 3 aromatic carbocycles. The first-order chi connectivity index (χ1) is 17.5. The molecule has 0 aromatic heterocycles. The molecule has 0 saturated heterocycles. The zero-order valence-electron chi connectivity index (χ0n) is 20.3. The summed E-state index contributed by atoms with van der Waals surface area (Å²) in [4.78, 5) is 1.92. The van der Waals surface area contributed by atoms with Crippen molar-refractivity contribution in [1.82, 2.24) is 4.90 Å². The highest BCUT2D eigenvalue weighted by molar-refractivity contribution is 7.90. The molecule has 0 bridgehead atoms. The Morgan fingerprint density at radius 3 is 2.32 bits per heavy atom. The van der Waals surface area contributed by atoms with Crippen molar-refractivity contribution >= 4 is 9.84 Å². The van der Waals surface area contributed by atoms with Crippen molar-refractivity contribution < 1.29 is 35.8 Å². The van der Waals surface area contributed by atoms with Gasteiger partial charge in [-0.3, -0.25) is 4.90 Å². The summed E-state index contributed by atoms with van der Waals surface area (Å²) in [6.07, 6.45) is -3.04. The van der Waals surface area contributed by atoms with Crippen LogP contribution in [0.15, 0.2) is 71.6 Å². The van der Waals surface area contributed by atoms with E-state index in [1.165, 1.54) is 18.2 Å². The number of rotatable bonds is 12. The molecule has 0 spiro atoms. The van der Waals surface area contributed by atoms with Crippen molar-refractivity contribution in [2.75, 3.05) is 26.0 Å². The third-order valence-electron chi connectivity index (χ3n) is 5.73. The van der Waals surface area contributed by atoms with E-state index in [4.69, 9.17) is 4.74 Å². The van der Waals surface area contributed by atoms with E-state index in [1.807, 2.05) is 35.2 Å². The highest BCUT2D eigenvalue weighted by Crippen LogP contribution is 2.33. The summed E-state index contributed by atoms with van der Waals surface area (Å²) in [6, 6.07) is 17.2. The van der Waals surface area contributed by atoms with Gasteiger partial charge in [-0.05, 0) is 42.2 Å². The first kappa shape index (κ1) is 28.6. The summed E-state index contributed by atoms with van der Waals surface area (Å²) < 4.78 is 84.1. The fourth-order valence-electron chi connectivity index (χ4n) is 3.99. The summed E-state index contributed by atoms with van der Waals surface area (Å²) in [5.74, 6) is -0.929. The monoisotopic (exact) mass is 539 g/mol. The maximum absolute atomic E-state index is 14.7. The van der Waals surface area contributed by atoms with E-state index in [2.05, 4.69) is 0 Å². The van der Waals surface area contributed by atoms with Crippen LogP contribution in [-0.2, 0) is 35.5 Å². The lowest BCUT2D eigenvalue weighted by Crippen LogP contribution is -2.26. The van der Waals surface area contributed by atoms with Gasteiger partial charge in [0.2, 0.25) is 0 Å². The van der Waals surface area contributed by atoms with E-state index in [1.54, 1.807) is 12.1 Å². The number of aliphatic hydroxyl groups excluding tert-OH is 1. The van der Waals surface area contributed by atoms with Gasteiger partial charge in [0.15, 0.2) is 9.84 Å². The van der Waals surface area contributed by atoms with Crippen LogP contribution in [0.25, 0.3) is 0 Å². The summed E-state index contributed by atoms with van der Waals surface area (Å²) in [5.41, 5.74) is 0.0748. The minimum Gasteiger partial charge on any atom is -0.494 e. The SMILES string of the molecule is CS(=O)(=O)c1cc(OCCCN(Cc2ccccc2)Cc2cccc(C(F)(F)F)c2F)ccc1CCO. The van der Waals surface area contributed by atoms with Gasteiger partial charge in [0, 0.05) is 38.1 Å². The molecule has 1 N–H and O–H groups in total. The average Bonchev–Trinajstić information content (AvgIpc) is 2.83. The normalized spacial score (nSPS) is 12.2. The molecule has 3 aromatic rings. The zero-order chi connectivity index (χ0) is 27.1. The molecule has 0 fully saturated rings. The van der Waals surface area contributed by atoms with Crippen molar-refractivity contribution in [2.24, 2.45) is 0 Å². The Morgan fingerprint density at radius 1 is 0.946 bits per heavy atom. The number of halogens is 4. The van der Waals surface area contributed by atoms with Crippen LogP contribution in [0.2, 0.25) is 0 Å². The second-order valence-corrected chi connectivity index (χ2v) is 10.7. The molecule has 3 rings (SSSR count). The molecule has 0 radical (unpaired) electrons. The van der Waals surface area contributed by atoms with Crippen LogP contribution in [0.5, 0.6) is 5.75 Å². The van der Waals surface area contributed by atoms with Crippen LogP contribution in [0.4, 0.5) is 17.6 Å². The largest absolute Gasteiger partial charge is 0.494 e. The van der Waals surface area contributed by atoms with E-state index in [0.717, 1.165) is 17.9 Å². The Bertz CT molecular complexity index is 1280. The van der Waals surface area contributed by atoms with Gasteiger partial charge < -0.3 is 9.84 Å². The third-order valence-corrected chi connectivity index (χ3v) is 6.91. The number of alkyl halides is 3. The molecular formula is C27H29F4NO4S. The predicted molar refractivity (Wildman–Crippen MR) is 132 cm³/mol. The van der Waals surface area contributed by atoms with Gasteiger partial charge in [-0.25, -0.2) is 12.8 Å². The van der Waals surface area contributed by atoms with Crippen LogP contribution in [-0.4, -0.2) is 44.4 Å². The Kier molecular flexibility index (Phi) is 9.69. The van der Waals surface area contributed by atoms with E-state index in [9.17, 15) is 31.1 Å². The molecule has 0 saturated carbocycles. The predicted octanol–water partition coefficient (Wildman–Crippen LogP) is 5.25. The zero-order valence-corrected chi connectivity index (χ0v) is 21.2. The Balaban J connectivity index is 1.70. The lowest BCUT2D eigenvalue weighted by atomic mass is 10.1. The number of benzene rings is 3. The number of hydrogen-bond acceptors (Lipinski definition) is 5. The second-order valence-electron chi connectivity index (χ2n) is 8.69. The van der Waals surface area contributed by atoms with Gasteiger partial charge in [-0.2, -0.15) is 13.2 Å². The van der Waals surface area contributed by atoms with Crippen LogP contribution in [0.3, 0.4) is 0 Å². The van der Waals surface area contributed by atoms with E-state index >= 15 is 0 Å². The molecule has 5 nitrogen and oxygen atoms in total. The molecule has 0 aliphatic rings. The minimum atomic E-state index is -4.78. The first-order valence-corrected chi connectivity index (χ1v) is 13.6. The maximum Gasteiger partial charge on any atom is 0.419 e. The van der Waals surface area contributed by atoms with E-state index < -0.39 is 27.4 Å². The number of hydrogen-bond donors (Lipinski definition) is 1. The first-order valence-electron chi connectivity index (χ1n) is 11.7. The van der Waals surface area contributed by atoms with Gasteiger partial charge >= 0.3 is 6.18 Å². The van der Waals surface area contributed by atoms with Crippen LogP contribution in [0, 0.1) is 5.82 Å². The molecule has 37 heavy (non-hydrogen) atoms. The molecular weight excluding hydrogens is 510 g/mol. The fraction of sp³-hybridized carbons (Fsp3) is 0.333. The number of aliphatic hydroxyl groups is 1. The summed E-state index contributed by atoms with van der Waals surface area (Å²) in [5, 5.41) is 9.18. The smallest absolute Gasteiger partial charge is 0.419 e. The van der Waals surface area contributed by atoms with Gasteiger partial charge in [-0.1, -0.05) is 48.5 Å². The van der Waals surface area contributed by atoms with Crippen LogP contribution in [0.1, 0.15) is 28.7 Å². The summed E-state index contributed by atoms with van der Waals surface area (Å²) in [7, 11) is -3.52. The van der Waals surface area contributed by atoms with Gasteiger partial charge in [0.05, 0.1) is 17.1 Å². The lowest BCUT2D eigenvalue weighted by Gasteiger charge is -2.23. The van der Waals surface area contributed by atoms with Crippen LogP contribution < -0.4 is 4.74 Å². The highest BCUT2D eigenvalue weighted by Gasteiger charge is 2.34. The molecule has 0 aliphatic heterocycles. The second kappa shape index (κ2) is 12.5. The number of ether oxygens (including phenoxy) is 1. The summed E-state index contributed by atoms with van der Waals surface area (Å²) in [6.45, 7) is 0.779. The molecule has 0 atom stereocenters. The molecule has 0 aliphatic carbocycles.